The molecule has 0 aliphatic carbocycles. The Hall–Kier alpha value is -6.71. The van der Waals surface area contributed by atoms with Crippen LogP contribution in [0, 0.1) is 0 Å². The molecule has 0 bridgehead atoms. The van der Waals surface area contributed by atoms with Gasteiger partial charge in [-0.15, -0.1) is 0 Å². The zero-order chi connectivity index (χ0) is 33.0. The van der Waals surface area contributed by atoms with Crippen molar-refractivity contribution in [3.05, 3.63) is 182 Å². The molecule has 0 saturated heterocycles. The molecule has 0 aliphatic heterocycles. The van der Waals surface area contributed by atoms with Gasteiger partial charge >= 0.3 is 0 Å². The van der Waals surface area contributed by atoms with Gasteiger partial charge in [0, 0.05) is 46.3 Å². The Labute approximate surface area is 289 Å². The molecule has 3 heteroatoms. The van der Waals surface area contributed by atoms with Gasteiger partial charge in [-0.1, -0.05) is 115 Å². The van der Waals surface area contributed by atoms with Crippen molar-refractivity contribution in [2.75, 3.05) is 4.90 Å². The van der Waals surface area contributed by atoms with Crippen LogP contribution in [-0.2, 0) is 0 Å². The molecule has 234 valence electrons. The highest BCUT2D eigenvalue weighted by atomic mass is 16.3. The topological polar surface area (TPSA) is 29.3 Å². The number of pyridine rings is 1. The molecule has 0 radical (unpaired) electrons. The number of benzene rings is 8. The summed E-state index contributed by atoms with van der Waals surface area (Å²) in [7, 11) is 0. The molecule has 3 nitrogen and oxygen atoms in total. The maximum Gasteiger partial charge on any atom is 0.138 e. The molecule has 0 spiro atoms. The third-order valence-corrected chi connectivity index (χ3v) is 9.95. The van der Waals surface area contributed by atoms with E-state index in [1.54, 1.807) is 6.20 Å². The van der Waals surface area contributed by atoms with E-state index in [-0.39, 0.29) is 0 Å². The zero-order valence-corrected chi connectivity index (χ0v) is 27.1. The van der Waals surface area contributed by atoms with Crippen molar-refractivity contribution in [1.29, 1.82) is 0 Å². The summed E-state index contributed by atoms with van der Waals surface area (Å²) >= 11 is 0. The minimum absolute atomic E-state index is 0.836. The van der Waals surface area contributed by atoms with E-state index in [0.717, 1.165) is 39.0 Å². The van der Waals surface area contributed by atoms with Crippen LogP contribution in [0.5, 0.6) is 0 Å². The van der Waals surface area contributed by atoms with Crippen LogP contribution >= 0.6 is 0 Å². The van der Waals surface area contributed by atoms with Gasteiger partial charge in [0.2, 0.25) is 0 Å². The standard InChI is InChI=1S/C47H30N2O/c1-2-8-31(9-3-1)32-14-19-35(20-15-32)49(37-23-25-42-45-30-48-27-26-46(45)50-47(42)28-37)36-21-16-34(17-22-36)43-29-44-38-11-5-4-10-33(38)18-24-41(44)39-12-6-7-13-40(39)43/h1-30H. The number of rotatable bonds is 5. The molecule has 50 heavy (non-hydrogen) atoms. The molecule has 10 aromatic rings. The highest BCUT2D eigenvalue weighted by molar-refractivity contribution is 6.21. The molecule has 8 aromatic carbocycles. The number of hydrogen-bond donors (Lipinski definition) is 0. The summed E-state index contributed by atoms with van der Waals surface area (Å²) in [5.41, 5.74) is 9.61. The fourth-order valence-corrected chi connectivity index (χ4v) is 7.52. The third kappa shape index (κ3) is 4.63. The highest BCUT2D eigenvalue weighted by Gasteiger charge is 2.17. The Morgan fingerprint density at radius 1 is 0.380 bits per heavy atom. The Morgan fingerprint density at radius 2 is 1.00 bits per heavy atom. The lowest BCUT2D eigenvalue weighted by Crippen LogP contribution is -2.09. The van der Waals surface area contributed by atoms with Crippen molar-refractivity contribution in [3.8, 4) is 22.3 Å². The Bertz CT molecular complexity index is 2850. The second-order valence-electron chi connectivity index (χ2n) is 12.8. The SMILES string of the molecule is c1ccc(-c2ccc(N(c3ccc(-c4cc5c6ccccc6ccc5c5ccccc45)cc3)c3ccc4c(c3)oc3ccncc34)cc2)cc1. The van der Waals surface area contributed by atoms with Crippen LogP contribution in [0.15, 0.2) is 187 Å². The fraction of sp³-hybridized carbons (Fsp3) is 0. The fourth-order valence-electron chi connectivity index (χ4n) is 7.52. The summed E-state index contributed by atoms with van der Waals surface area (Å²) in [5, 5.41) is 9.68. The number of hydrogen-bond acceptors (Lipinski definition) is 3. The molecule has 0 aliphatic rings. The average Bonchev–Trinajstić information content (AvgIpc) is 3.56. The van der Waals surface area contributed by atoms with Crippen LogP contribution in [0.1, 0.15) is 0 Å². The van der Waals surface area contributed by atoms with Gasteiger partial charge in [-0.3, -0.25) is 4.98 Å². The molecule has 0 fully saturated rings. The summed E-state index contributed by atoms with van der Waals surface area (Å²) < 4.78 is 6.31. The van der Waals surface area contributed by atoms with E-state index in [4.69, 9.17) is 4.42 Å². The van der Waals surface area contributed by atoms with Gasteiger partial charge < -0.3 is 9.32 Å². The summed E-state index contributed by atoms with van der Waals surface area (Å²) in [4.78, 5) is 6.64. The average molecular weight is 639 g/mol. The van der Waals surface area contributed by atoms with E-state index < -0.39 is 0 Å². The summed E-state index contributed by atoms with van der Waals surface area (Å²) in [6.45, 7) is 0. The van der Waals surface area contributed by atoms with Crippen molar-refractivity contribution in [1.82, 2.24) is 4.98 Å². The molecule has 10 rings (SSSR count). The van der Waals surface area contributed by atoms with Gasteiger partial charge in [-0.05, 0) is 103 Å². The minimum atomic E-state index is 0.836. The van der Waals surface area contributed by atoms with E-state index in [9.17, 15) is 0 Å². The van der Waals surface area contributed by atoms with E-state index in [0.29, 0.717) is 0 Å². The second kappa shape index (κ2) is 11.5. The quantitative estimate of drug-likeness (QED) is 0.176. The van der Waals surface area contributed by atoms with E-state index >= 15 is 0 Å². The largest absolute Gasteiger partial charge is 0.456 e. The Balaban J connectivity index is 1.12. The molecule has 0 amide bonds. The smallest absolute Gasteiger partial charge is 0.138 e. The second-order valence-corrected chi connectivity index (χ2v) is 12.8. The van der Waals surface area contributed by atoms with Crippen LogP contribution in [0.2, 0.25) is 0 Å². The van der Waals surface area contributed by atoms with Crippen molar-refractivity contribution in [2.24, 2.45) is 0 Å². The van der Waals surface area contributed by atoms with Gasteiger partial charge in [0.05, 0.1) is 0 Å². The zero-order valence-electron chi connectivity index (χ0n) is 27.1. The van der Waals surface area contributed by atoms with E-state index in [2.05, 4.69) is 174 Å². The first-order valence-corrected chi connectivity index (χ1v) is 16.9. The van der Waals surface area contributed by atoms with Crippen molar-refractivity contribution < 1.29 is 4.42 Å². The maximum absolute atomic E-state index is 6.31. The molecular formula is C47H30N2O. The minimum Gasteiger partial charge on any atom is -0.456 e. The predicted molar refractivity (Wildman–Crippen MR) is 210 cm³/mol. The monoisotopic (exact) mass is 638 g/mol. The van der Waals surface area contributed by atoms with Gasteiger partial charge in [-0.2, -0.15) is 0 Å². The van der Waals surface area contributed by atoms with Crippen molar-refractivity contribution >= 4 is 71.3 Å². The molecule has 2 aromatic heterocycles. The first-order valence-electron chi connectivity index (χ1n) is 16.9. The van der Waals surface area contributed by atoms with Crippen molar-refractivity contribution in [2.45, 2.75) is 0 Å². The highest BCUT2D eigenvalue weighted by Crippen LogP contribution is 2.42. The normalized spacial score (nSPS) is 11.6. The predicted octanol–water partition coefficient (Wildman–Crippen LogP) is 13.2. The molecular weight excluding hydrogens is 609 g/mol. The Morgan fingerprint density at radius 3 is 1.80 bits per heavy atom. The van der Waals surface area contributed by atoms with Gasteiger partial charge in [0.1, 0.15) is 11.2 Å². The molecule has 0 atom stereocenters. The van der Waals surface area contributed by atoms with Gasteiger partial charge in [0.15, 0.2) is 0 Å². The van der Waals surface area contributed by atoms with Crippen LogP contribution < -0.4 is 4.90 Å². The van der Waals surface area contributed by atoms with Gasteiger partial charge in [0.25, 0.3) is 0 Å². The van der Waals surface area contributed by atoms with Crippen LogP contribution in [0.3, 0.4) is 0 Å². The number of fused-ring (bicyclic) bond motifs is 8. The number of nitrogens with zero attached hydrogens (tertiary/aromatic N) is 2. The van der Waals surface area contributed by atoms with Gasteiger partial charge in [-0.25, -0.2) is 0 Å². The lowest BCUT2D eigenvalue weighted by Gasteiger charge is -2.26. The Kier molecular flexibility index (Phi) is 6.49. The summed E-state index contributed by atoms with van der Waals surface area (Å²) in [6, 6.07) is 61.0. The molecule has 0 unspecified atom stereocenters. The number of furan rings is 1. The molecule has 2 heterocycles. The summed E-state index contributed by atoms with van der Waals surface area (Å²) in [6.07, 6.45) is 3.65. The maximum atomic E-state index is 6.31. The van der Waals surface area contributed by atoms with E-state index in [1.165, 1.54) is 54.6 Å². The van der Waals surface area contributed by atoms with Crippen LogP contribution in [0.25, 0.3) is 76.5 Å². The molecule has 0 N–H and O–H groups in total. The summed E-state index contributed by atoms with van der Waals surface area (Å²) in [5.74, 6) is 0. The van der Waals surface area contributed by atoms with Crippen molar-refractivity contribution in [3.63, 3.8) is 0 Å². The first kappa shape index (κ1) is 28.3. The number of aromatic nitrogens is 1. The molecule has 0 saturated carbocycles. The number of anilines is 3. The van der Waals surface area contributed by atoms with Crippen LogP contribution in [0.4, 0.5) is 17.1 Å². The lowest BCUT2D eigenvalue weighted by atomic mass is 9.91. The third-order valence-electron chi connectivity index (χ3n) is 9.95. The first-order chi connectivity index (χ1) is 24.8. The van der Waals surface area contributed by atoms with E-state index in [1.807, 2.05) is 12.3 Å². The van der Waals surface area contributed by atoms with Crippen LogP contribution in [-0.4, -0.2) is 4.98 Å². The lowest BCUT2D eigenvalue weighted by molar-refractivity contribution is 0.668.